The summed E-state index contributed by atoms with van der Waals surface area (Å²) in [5.41, 5.74) is 1.96. The standard InChI is InChI=1S/C8H7BrN2O3/c9-6-3-1-5(2-4-6)7(12)14-8(13)11-10/h1-4H,10H2,(H,11,13). The fourth-order valence-corrected chi connectivity index (χ4v) is 1.02. The summed E-state index contributed by atoms with van der Waals surface area (Å²) in [6, 6.07) is 6.38. The average Bonchev–Trinajstić information content (AvgIpc) is 2.18. The Morgan fingerprint density at radius 2 is 1.86 bits per heavy atom. The van der Waals surface area contributed by atoms with Crippen LogP contribution < -0.4 is 11.3 Å². The smallest absolute Gasteiger partial charge is 0.372 e. The van der Waals surface area contributed by atoms with Crippen molar-refractivity contribution in [2.45, 2.75) is 0 Å². The third-order valence-electron chi connectivity index (χ3n) is 1.38. The number of halogens is 1. The lowest BCUT2D eigenvalue weighted by Crippen LogP contribution is -2.32. The zero-order chi connectivity index (χ0) is 10.6. The van der Waals surface area contributed by atoms with Gasteiger partial charge in [0, 0.05) is 4.47 Å². The maximum absolute atomic E-state index is 11.2. The molecule has 1 aromatic carbocycles. The Labute approximate surface area is 88.3 Å². The van der Waals surface area contributed by atoms with Gasteiger partial charge in [-0.15, -0.1) is 0 Å². The molecule has 14 heavy (non-hydrogen) atoms. The minimum Gasteiger partial charge on any atom is -0.372 e. The molecular formula is C8H7BrN2O3. The van der Waals surface area contributed by atoms with Gasteiger partial charge in [0.1, 0.15) is 0 Å². The molecule has 1 amide bonds. The van der Waals surface area contributed by atoms with Gasteiger partial charge in [0.2, 0.25) is 0 Å². The van der Waals surface area contributed by atoms with Gasteiger partial charge in [0.05, 0.1) is 5.56 Å². The Morgan fingerprint density at radius 1 is 1.29 bits per heavy atom. The highest BCUT2D eigenvalue weighted by molar-refractivity contribution is 9.10. The van der Waals surface area contributed by atoms with Crippen molar-refractivity contribution in [1.29, 1.82) is 0 Å². The van der Waals surface area contributed by atoms with Crippen molar-refractivity contribution in [2.24, 2.45) is 5.84 Å². The van der Waals surface area contributed by atoms with Crippen LogP contribution in [0.1, 0.15) is 10.4 Å². The summed E-state index contributed by atoms with van der Waals surface area (Å²) >= 11 is 3.21. The topological polar surface area (TPSA) is 81.4 Å². The number of ether oxygens (including phenoxy) is 1. The predicted molar refractivity (Wildman–Crippen MR) is 52.3 cm³/mol. The van der Waals surface area contributed by atoms with E-state index in [0.29, 0.717) is 0 Å². The van der Waals surface area contributed by atoms with Crippen molar-refractivity contribution in [2.75, 3.05) is 0 Å². The molecule has 0 unspecified atom stereocenters. The molecule has 0 radical (unpaired) electrons. The van der Waals surface area contributed by atoms with Gasteiger partial charge in [0.15, 0.2) is 0 Å². The average molecular weight is 259 g/mol. The number of carbonyl (C=O) groups is 2. The molecule has 0 heterocycles. The van der Waals surface area contributed by atoms with Gasteiger partial charge in [-0.25, -0.2) is 15.4 Å². The third-order valence-corrected chi connectivity index (χ3v) is 1.91. The van der Waals surface area contributed by atoms with Crippen LogP contribution in [-0.2, 0) is 4.74 Å². The maximum Gasteiger partial charge on any atom is 0.429 e. The summed E-state index contributed by atoms with van der Waals surface area (Å²) < 4.78 is 5.13. The van der Waals surface area contributed by atoms with Crippen LogP contribution in [0.15, 0.2) is 28.7 Å². The second-order valence-corrected chi connectivity index (χ2v) is 3.24. The largest absolute Gasteiger partial charge is 0.429 e. The van der Waals surface area contributed by atoms with Crippen LogP contribution in [0.3, 0.4) is 0 Å². The SMILES string of the molecule is NNC(=O)OC(=O)c1ccc(Br)cc1. The van der Waals surface area contributed by atoms with Crippen molar-refractivity contribution in [3.05, 3.63) is 34.3 Å². The number of carbonyl (C=O) groups excluding carboxylic acids is 2. The van der Waals surface area contributed by atoms with E-state index in [1.54, 1.807) is 17.6 Å². The highest BCUT2D eigenvalue weighted by Gasteiger charge is 2.10. The van der Waals surface area contributed by atoms with E-state index in [-0.39, 0.29) is 5.56 Å². The molecule has 0 aliphatic carbocycles. The molecule has 0 spiro atoms. The highest BCUT2D eigenvalue weighted by atomic mass is 79.9. The molecule has 1 aromatic rings. The van der Waals surface area contributed by atoms with Crippen LogP contribution in [0, 0.1) is 0 Å². The summed E-state index contributed by atoms with van der Waals surface area (Å²) in [4.78, 5) is 21.7. The monoisotopic (exact) mass is 258 g/mol. The molecule has 0 saturated carbocycles. The van der Waals surface area contributed by atoms with E-state index in [0.717, 1.165) is 4.47 Å². The van der Waals surface area contributed by atoms with E-state index in [4.69, 9.17) is 5.84 Å². The summed E-state index contributed by atoms with van der Waals surface area (Å²) in [7, 11) is 0. The molecule has 0 bridgehead atoms. The number of hydrogen-bond donors (Lipinski definition) is 2. The molecule has 1 rings (SSSR count). The van der Waals surface area contributed by atoms with Gasteiger partial charge in [-0.2, -0.15) is 0 Å². The zero-order valence-electron chi connectivity index (χ0n) is 6.99. The highest BCUT2D eigenvalue weighted by Crippen LogP contribution is 2.11. The Bertz CT molecular complexity index is 350. The predicted octanol–water partition coefficient (Wildman–Crippen LogP) is 1.19. The molecule has 6 heteroatoms. The van der Waals surface area contributed by atoms with Crippen molar-refractivity contribution >= 4 is 28.0 Å². The van der Waals surface area contributed by atoms with E-state index in [1.807, 2.05) is 0 Å². The first-order valence-electron chi connectivity index (χ1n) is 3.62. The van der Waals surface area contributed by atoms with Crippen molar-refractivity contribution in [3.8, 4) is 0 Å². The number of hydrogen-bond acceptors (Lipinski definition) is 4. The number of nitrogens with two attached hydrogens (primary N) is 1. The second-order valence-electron chi connectivity index (χ2n) is 2.33. The Morgan fingerprint density at radius 3 is 2.36 bits per heavy atom. The first kappa shape index (κ1) is 10.7. The maximum atomic E-state index is 11.2. The quantitative estimate of drug-likeness (QED) is 0.261. The Balaban J connectivity index is 2.70. The van der Waals surface area contributed by atoms with Crippen LogP contribution >= 0.6 is 15.9 Å². The van der Waals surface area contributed by atoms with Gasteiger partial charge in [-0.05, 0) is 24.3 Å². The van der Waals surface area contributed by atoms with E-state index in [9.17, 15) is 9.59 Å². The van der Waals surface area contributed by atoms with Crippen LogP contribution in [0.25, 0.3) is 0 Å². The normalized spacial score (nSPS) is 9.29. The summed E-state index contributed by atoms with van der Waals surface area (Å²) in [6.45, 7) is 0. The summed E-state index contributed by atoms with van der Waals surface area (Å²) in [6.07, 6.45) is -0.988. The molecule has 5 nitrogen and oxygen atoms in total. The van der Waals surface area contributed by atoms with E-state index in [1.165, 1.54) is 12.1 Å². The number of esters is 1. The van der Waals surface area contributed by atoms with Gasteiger partial charge in [-0.1, -0.05) is 15.9 Å². The molecular weight excluding hydrogens is 252 g/mol. The fourth-order valence-electron chi connectivity index (χ4n) is 0.759. The minimum atomic E-state index is -0.988. The van der Waals surface area contributed by atoms with Gasteiger partial charge in [0.25, 0.3) is 0 Å². The van der Waals surface area contributed by atoms with Crippen molar-refractivity contribution in [3.63, 3.8) is 0 Å². The number of rotatable bonds is 1. The number of benzene rings is 1. The number of amides is 1. The third kappa shape index (κ3) is 2.82. The first-order valence-corrected chi connectivity index (χ1v) is 4.41. The lowest BCUT2D eigenvalue weighted by atomic mass is 10.2. The molecule has 0 atom stereocenters. The van der Waals surface area contributed by atoms with Crippen LogP contribution in [-0.4, -0.2) is 12.1 Å². The number of nitrogens with one attached hydrogen (secondary N) is 1. The lowest BCUT2D eigenvalue weighted by Gasteiger charge is -2.01. The molecule has 0 aliphatic rings. The first-order chi connectivity index (χ1) is 6.63. The van der Waals surface area contributed by atoms with Crippen LogP contribution in [0.2, 0.25) is 0 Å². The fraction of sp³-hybridized carbons (Fsp3) is 0. The van der Waals surface area contributed by atoms with E-state index >= 15 is 0 Å². The molecule has 3 N–H and O–H groups in total. The Hall–Kier alpha value is -1.40. The molecule has 0 aliphatic heterocycles. The molecule has 74 valence electrons. The van der Waals surface area contributed by atoms with Crippen LogP contribution in [0.4, 0.5) is 4.79 Å². The van der Waals surface area contributed by atoms with Gasteiger partial charge < -0.3 is 4.74 Å². The Kier molecular flexibility index (Phi) is 3.61. The second kappa shape index (κ2) is 4.73. The molecule has 0 fully saturated rings. The minimum absolute atomic E-state index is 0.275. The summed E-state index contributed by atoms with van der Waals surface area (Å²) in [5, 5.41) is 0. The molecule has 0 saturated heterocycles. The summed E-state index contributed by atoms with van der Waals surface area (Å²) in [5.74, 6) is 3.99. The zero-order valence-corrected chi connectivity index (χ0v) is 8.58. The lowest BCUT2D eigenvalue weighted by molar-refractivity contribution is 0.0622. The molecule has 0 aromatic heterocycles. The number of hydrazine groups is 1. The van der Waals surface area contributed by atoms with E-state index in [2.05, 4.69) is 20.7 Å². The van der Waals surface area contributed by atoms with Gasteiger partial charge in [-0.3, -0.25) is 5.43 Å². The van der Waals surface area contributed by atoms with Crippen molar-refractivity contribution < 1.29 is 14.3 Å². The van der Waals surface area contributed by atoms with Crippen LogP contribution in [0.5, 0.6) is 0 Å². The van der Waals surface area contributed by atoms with E-state index < -0.39 is 12.1 Å². The van der Waals surface area contributed by atoms with Crippen molar-refractivity contribution in [1.82, 2.24) is 5.43 Å². The van der Waals surface area contributed by atoms with Gasteiger partial charge >= 0.3 is 12.1 Å².